The maximum Gasteiger partial charge on any atom is 0.310 e. The van der Waals surface area contributed by atoms with Crippen molar-refractivity contribution >= 4 is 5.97 Å². The van der Waals surface area contributed by atoms with Crippen molar-refractivity contribution in [2.24, 2.45) is 0 Å². The highest BCUT2D eigenvalue weighted by Crippen LogP contribution is 2.38. The minimum atomic E-state index is -0.170. The first-order valence-corrected chi connectivity index (χ1v) is 11.9. The largest absolute Gasteiger partial charge is 0.493 e. The smallest absolute Gasteiger partial charge is 0.310 e. The molecule has 0 aliphatic carbocycles. The molecule has 3 aromatic carbocycles. The maximum absolute atomic E-state index is 12.6. The molecule has 1 unspecified atom stereocenters. The van der Waals surface area contributed by atoms with E-state index in [4.69, 9.17) is 18.9 Å². The summed E-state index contributed by atoms with van der Waals surface area (Å²) < 4.78 is 23.3. The fourth-order valence-electron chi connectivity index (χ4n) is 4.31. The molecule has 34 heavy (non-hydrogen) atoms. The third-order valence-electron chi connectivity index (χ3n) is 6.16. The van der Waals surface area contributed by atoms with Crippen LogP contribution in [-0.2, 0) is 28.8 Å². The minimum Gasteiger partial charge on any atom is -0.493 e. The van der Waals surface area contributed by atoms with Gasteiger partial charge in [-0.1, -0.05) is 42.5 Å². The standard InChI is InChI=1S/C29H32O5/c1-31-25-16-13-22-10-6-7-11-24(33-29(30)20-21-8-4-3-5-9-21)15-12-23-14-17-26(32-2)28(19-23)34-27(25)18-22/h3-5,8-9,13-14,16-19,24H,6-7,10-12,15,20H2,1-2H3. The van der Waals surface area contributed by atoms with Crippen molar-refractivity contribution in [1.82, 2.24) is 0 Å². The van der Waals surface area contributed by atoms with Crippen LogP contribution in [-0.4, -0.2) is 26.3 Å². The third-order valence-corrected chi connectivity index (χ3v) is 6.16. The average Bonchev–Trinajstić information content (AvgIpc) is 2.85. The van der Waals surface area contributed by atoms with E-state index in [2.05, 4.69) is 6.07 Å². The van der Waals surface area contributed by atoms with E-state index in [1.807, 2.05) is 60.7 Å². The average molecular weight is 461 g/mol. The first kappa shape index (κ1) is 23.7. The fourth-order valence-corrected chi connectivity index (χ4v) is 4.31. The monoisotopic (exact) mass is 460 g/mol. The molecule has 0 spiro atoms. The zero-order chi connectivity index (χ0) is 23.8. The Labute approximate surface area is 201 Å². The van der Waals surface area contributed by atoms with Gasteiger partial charge in [0.2, 0.25) is 0 Å². The van der Waals surface area contributed by atoms with Gasteiger partial charge in [0.05, 0.1) is 20.6 Å². The molecule has 5 nitrogen and oxygen atoms in total. The highest BCUT2D eigenvalue weighted by molar-refractivity contribution is 5.72. The van der Waals surface area contributed by atoms with Crippen LogP contribution in [0.25, 0.3) is 0 Å². The lowest BCUT2D eigenvalue weighted by Gasteiger charge is -2.20. The zero-order valence-electron chi connectivity index (χ0n) is 19.9. The van der Waals surface area contributed by atoms with Crippen LogP contribution in [0.1, 0.15) is 42.4 Å². The normalized spacial score (nSPS) is 16.0. The van der Waals surface area contributed by atoms with E-state index < -0.39 is 0 Å². The third kappa shape index (κ3) is 6.31. The van der Waals surface area contributed by atoms with Crippen LogP contribution in [0.3, 0.4) is 0 Å². The number of carbonyl (C=O) groups is 1. The molecule has 5 heteroatoms. The number of hydrogen-bond acceptors (Lipinski definition) is 5. The first-order chi connectivity index (χ1) is 16.6. The zero-order valence-corrected chi connectivity index (χ0v) is 19.9. The van der Waals surface area contributed by atoms with Crippen molar-refractivity contribution in [2.75, 3.05) is 14.2 Å². The van der Waals surface area contributed by atoms with Crippen molar-refractivity contribution in [3.8, 4) is 23.0 Å². The summed E-state index contributed by atoms with van der Waals surface area (Å²) in [7, 11) is 3.28. The molecule has 1 heterocycles. The van der Waals surface area contributed by atoms with Gasteiger partial charge in [-0.25, -0.2) is 0 Å². The summed E-state index contributed by atoms with van der Waals surface area (Å²) in [5.74, 6) is 2.50. The van der Waals surface area contributed by atoms with Crippen molar-refractivity contribution in [3.63, 3.8) is 0 Å². The molecule has 0 aromatic heterocycles. The van der Waals surface area contributed by atoms with Crippen LogP contribution in [0.2, 0.25) is 0 Å². The van der Waals surface area contributed by atoms with Gasteiger partial charge in [-0.15, -0.1) is 0 Å². The lowest BCUT2D eigenvalue weighted by atomic mass is 10.00. The highest BCUT2D eigenvalue weighted by Gasteiger charge is 2.18. The van der Waals surface area contributed by atoms with Crippen LogP contribution in [0.5, 0.6) is 23.0 Å². The van der Waals surface area contributed by atoms with Crippen LogP contribution >= 0.6 is 0 Å². The van der Waals surface area contributed by atoms with E-state index in [1.54, 1.807) is 14.2 Å². The fraction of sp³-hybridized carbons (Fsp3) is 0.345. The number of esters is 1. The molecule has 0 saturated carbocycles. The summed E-state index contributed by atoms with van der Waals surface area (Å²) in [5, 5.41) is 0. The number of rotatable bonds is 5. The maximum atomic E-state index is 12.6. The lowest BCUT2D eigenvalue weighted by molar-refractivity contribution is -0.148. The van der Waals surface area contributed by atoms with Crippen molar-refractivity contribution in [3.05, 3.63) is 83.4 Å². The van der Waals surface area contributed by atoms with Gasteiger partial charge in [0, 0.05) is 0 Å². The predicted octanol–water partition coefficient (Wildman–Crippen LogP) is 6.31. The molecule has 4 rings (SSSR count). The highest BCUT2D eigenvalue weighted by atomic mass is 16.5. The van der Waals surface area contributed by atoms with E-state index in [1.165, 1.54) is 5.56 Å². The van der Waals surface area contributed by atoms with Crippen LogP contribution in [0.4, 0.5) is 0 Å². The number of fused-ring (bicyclic) bond motifs is 4. The molecule has 1 aliphatic rings. The second kappa shape index (κ2) is 11.6. The number of methoxy groups -OCH3 is 2. The number of hydrogen-bond donors (Lipinski definition) is 0. The number of ether oxygens (including phenoxy) is 4. The summed E-state index contributed by atoms with van der Waals surface area (Å²) in [6.45, 7) is 0. The molecular formula is C29H32O5. The SMILES string of the molecule is COc1ccc2cc1Oc1cc(ccc1OC)CCC(OC(=O)Cc1ccccc1)CCCC2. The van der Waals surface area contributed by atoms with E-state index in [0.717, 1.165) is 49.7 Å². The van der Waals surface area contributed by atoms with E-state index in [9.17, 15) is 4.79 Å². The Hall–Kier alpha value is -3.47. The second-order valence-corrected chi connectivity index (χ2v) is 8.63. The second-order valence-electron chi connectivity index (χ2n) is 8.63. The van der Waals surface area contributed by atoms with Crippen LogP contribution in [0.15, 0.2) is 66.7 Å². The molecule has 4 bridgehead atoms. The quantitative estimate of drug-likeness (QED) is 0.418. The number of aryl methyl sites for hydroxylation is 2. The van der Waals surface area contributed by atoms with Crippen LogP contribution in [0, 0.1) is 0 Å². The molecule has 0 amide bonds. The molecule has 3 aromatic rings. The Morgan fingerprint density at radius 2 is 1.47 bits per heavy atom. The van der Waals surface area contributed by atoms with Gasteiger partial charge in [-0.2, -0.15) is 0 Å². The van der Waals surface area contributed by atoms with Gasteiger partial charge in [-0.05, 0) is 79.5 Å². The molecular weight excluding hydrogens is 428 g/mol. The molecule has 1 aliphatic heterocycles. The Morgan fingerprint density at radius 1 is 0.824 bits per heavy atom. The molecule has 1 atom stereocenters. The topological polar surface area (TPSA) is 54.0 Å². The summed E-state index contributed by atoms with van der Waals surface area (Å²) in [4.78, 5) is 12.6. The van der Waals surface area contributed by atoms with Crippen molar-refractivity contribution in [2.45, 2.75) is 51.0 Å². The number of carbonyl (C=O) groups excluding carboxylic acids is 1. The Kier molecular flexibility index (Phi) is 8.08. The van der Waals surface area contributed by atoms with E-state index in [-0.39, 0.29) is 12.1 Å². The lowest BCUT2D eigenvalue weighted by Crippen LogP contribution is -2.20. The van der Waals surface area contributed by atoms with Crippen molar-refractivity contribution in [1.29, 1.82) is 0 Å². The molecule has 0 radical (unpaired) electrons. The molecule has 0 fully saturated rings. The van der Waals surface area contributed by atoms with Gasteiger partial charge in [0.15, 0.2) is 23.0 Å². The van der Waals surface area contributed by atoms with Gasteiger partial charge in [-0.3, -0.25) is 4.79 Å². The molecule has 178 valence electrons. The summed E-state index contributed by atoms with van der Waals surface area (Å²) in [5.41, 5.74) is 3.26. The Bertz CT molecular complexity index is 1090. The van der Waals surface area contributed by atoms with Gasteiger partial charge < -0.3 is 18.9 Å². The van der Waals surface area contributed by atoms with E-state index in [0.29, 0.717) is 29.4 Å². The number of benzene rings is 3. The summed E-state index contributed by atoms with van der Waals surface area (Å²) in [6.07, 6.45) is 5.49. The van der Waals surface area contributed by atoms with Crippen molar-refractivity contribution < 1.29 is 23.7 Å². The van der Waals surface area contributed by atoms with Gasteiger partial charge >= 0.3 is 5.97 Å². The molecule has 0 saturated heterocycles. The van der Waals surface area contributed by atoms with Gasteiger partial charge in [0.1, 0.15) is 6.10 Å². The summed E-state index contributed by atoms with van der Waals surface area (Å²) in [6, 6.07) is 21.8. The minimum absolute atomic E-state index is 0.114. The van der Waals surface area contributed by atoms with Crippen LogP contribution < -0.4 is 14.2 Å². The predicted molar refractivity (Wildman–Crippen MR) is 132 cm³/mol. The van der Waals surface area contributed by atoms with E-state index >= 15 is 0 Å². The van der Waals surface area contributed by atoms with Gasteiger partial charge in [0.25, 0.3) is 0 Å². The first-order valence-electron chi connectivity index (χ1n) is 11.9. The Balaban J connectivity index is 1.53. The summed E-state index contributed by atoms with van der Waals surface area (Å²) >= 11 is 0. The molecule has 0 N–H and O–H groups in total. The Morgan fingerprint density at radius 3 is 2.12 bits per heavy atom.